The Morgan fingerprint density at radius 3 is 2.69 bits per heavy atom. The molecule has 0 heterocycles. The lowest BCUT2D eigenvalue weighted by Crippen LogP contribution is -1.96. The molecule has 0 aliphatic rings. The lowest BCUT2D eigenvalue weighted by molar-refractivity contribution is 0.107. The average Bonchev–Trinajstić information content (AvgIpc) is 2.03. The molecule has 0 aliphatic heterocycles. The van der Waals surface area contributed by atoms with Crippen molar-refractivity contribution < 1.29 is 9.18 Å². The van der Waals surface area contributed by atoms with Crippen molar-refractivity contribution >= 4 is 28.2 Å². The largest absolute Gasteiger partial charge is 0.397 e. The Labute approximate surface area is 78.0 Å². The molecule has 4 nitrogen and oxygen atoms in total. The Morgan fingerprint density at radius 2 is 2.23 bits per heavy atom. The Hall–Kier alpha value is -1.49. The minimum atomic E-state index is -0.942. The van der Waals surface area contributed by atoms with Crippen LogP contribution in [0.5, 0.6) is 0 Å². The van der Waals surface area contributed by atoms with Crippen LogP contribution in [0.25, 0.3) is 0 Å². The van der Waals surface area contributed by atoms with Crippen LogP contribution >= 0.6 is 11.6 Å². The van der Waals surface area contributed by atoms with Crippen LogP contribution in [0.3, 0.4) is 0 Å². The fraction of sp³-hybridized carbons (Fsp3) is 0. The standard InChI is InChI=1S/C7H5ClFN3O/c8-7(13)3-1-6(12-11)5(10)2-4(3)9/h1-2,11H,10H2. The molecule has 0 saturated carbocycles. The van der Waals surface area contributed by atoms with Gasteiger partial charge in [-0.15, -0.1) is 0 Å². The van der Waals surface area contributed by atoms with Crippen LogP contribution in [-0.2, 0) is 0 Å². The van der Waals surface area contributed by atoms with Crippen molar-refractivity contribution in [2.45, 2.75) is 0 Å². The average molecular weight is 202 g/mol. The minimum Gasteiger partial charge on any atom is -0.397 e. The second kappa shape index (κ2) is 3.49. The predicted octanol–water partition coefficient (Wildman–Crippen LogP) is 2.45. The molecule has 0 spiro atoms. The van der Waals surface area contributed by atoms with E-state index in [1.807, 2.05) is 0 Å². The summed E-state index contributed by atoms with van der Waals surface area (Å²) in [6, 6.07) is 1.94. The maximum atomic E-state index is 12.9. The molecule has 0 aromatic heterocycles. The number of carbonyl (C=O) groups excluding carboxylic acids is 1. The Balaban J connectivity index is 3.38. The van der Waals surface area contributed by atoms with Gasteiger partial charge in [-0.05, 0) is 23.7 Å². The first-order valence-corrected chi connectivity index (χ1v) is 3.60. The molecule has 0 amide bonds. The third-order valence-corrected chi connectivity index (χ3v) is 1.65. The molecule has 6 heteroatoms. The molecule has 0 atom stereocenters. The lowest BCUT2D eigenvalue weighted by Gasteiger charge is -2.01. The summed E-state index contributed by atoms with van der Waals surface area (Å²) in [5.41, 5.74) is 11.6. The maximum absolute atomic E-state index is 12.9. The molecule has 1 aromatic rings. The van der Waals surface area contributed by atoms with Gasteiger partial charge in [-0.2, -0.15) is 5.11 Å². The number of nitrogens with zero attached hydrogens (tertiary/aromatic N) is 1. The zero-order valence-corrected chi connectivity index (χ0v) is 7.10. The highest BCUT2D eigenvalue weighted by atomic mass is 35.5. The minimum absolute atomic E-state index is 0.00540. The summed E-state index contributed by atoms with van der Waals surface area (Å²) in [7, 11) is 0. The summed E-state index contributed by atoms with van der Waals surface area (Å²) in [6.07, 6.45) is 0. The second-order valence-corrected chi connectivity index (χ2v) is 2.62. The first-order chi connectivity index (χ1) is 6.06. The molecule has 68 valence electrons. The molecule has 13 heavy (non-hydrogen) atoms. The van der Waals surface area contributed by atoms with Crippen molar-refractivity contribution in [3.63, 3.8) is 0 Å². The summed E-state index contributed by atoms with van der Waals surface area (Å²) in [5, 5.41) is 2.06. The van der Waals surface area contributed by atoms with Gasteiger partial charge in [-0.1, -0.05) is 0 Å². The molecule has 1 aromatic carbocycles. The van der Waals surface area contributed by atoms with E-state index in [-0.39, 0.29) is 16.9 Å². The van der Waals surface area contributed by atoms with Crippen molar-refractivity contribution in [1.82, 2.24) is 0 Å². The number of nitrogens with one attached hydrogen (secondary N) is 1. The van der Waals surface area contributed by atoms with Crippen LogP contribution in [0.4, 0.5) is 15.8 Å². The first-order valence-electron chi connectivity index (χ1n) is 3.22. The number of nitrogen functional groups attached to an aromatic ring is 1. The van der Waals surface area contributed by atoms with Crippen LogP contribution in [0, 0.1) is 11.3 Å². The molecular weight excluding hydrogens is 197 g/mol. The highest BCUT2D eigenvalue weighted by molar-refractivity contribution is 6.67. The van der Waals surface area contributed by atoms with Gasteiger partial charge in [0.2, 0.25) is 0 Å². The Bertz CT molecular complexity index is 380. The number of halogens is 2. The molecule has 0 unspecified atom stereocenters. The smallest absolute Gasteiger partial charge is 0.255 e. The summed E-state index contributed by atoms with van der Waals surface area (Å²) < 4.78 is 12.9. The van der Waals surface area contributed by atoms with E-state index in [4.69, 9.17) is 22.9 Å². The van der Waals surface area contributed by atoms with E-state index in [0.29, 0.717) is 0 Å². The van der Waals surface area contributed by atoms with E-state index in [1.54, 1.807) is 0 Å². The number of nitrogens with two attached hydrogens (primary N) is 1. The van der Waals surface area contributed by atoms with Crippen molar-refractivity contribution in [2.24, 2.45) is 5.11 Å². The fourth-order valence-corrected chi connectivity index (χ4v) is 0.969. The van der Waals surface area contributed by atoms with Crippen molar-refractivity contribution in [2.75, 3.05) is 5.73 Å². The fourth-order valence-electron chi connectivity index (χ4n) is 0.825. The van der Waals surface area contributed by atoms with E-state index >= 15 is 0 Å². The van der Waals surface area contributed by atoms with E-state index in [2.05, 4.69) is 5.11 Å². The van der Waals surface area contributed by atoms with Gasteiger partial charge in [0.05, 0.1) is 11.3 Å². The molecular formula is C7H5ClFN3O. The van der Waals surface area contributed by atoms with Crippen LogP contribution in [0.15, 0.2) is 17.2 Å². The molecule has 0 saturated heterocycles. The van der Waals surface area contributed by atoms with Crippen LogP contribution in [0.2, 0.25) is 0 Å². The lowest BCUT2D eigenvalue weighted by atomic mass is 10.2. The number of hydrogen-bond acceptors (Lipinski definition) is 4. The van der Waals surface area contributed by atoms with Gasteiger partial charge in [-0.3, -0.25) is 4.79 Å². The quantitative estimate of drug-likeness (QED) is 0.438. The molecule has 1 rings (SSSR count). The van der Waals surface area contributed by atoms with Gasteiger partial charge >= 0.3 is 0 Å². The van der Waals surface area contributed by atoms with Crippen LogP contribution in [0.1, 0.15) is 10.4 Å². The van der Waals surface area contributed by atoms with Crippen LogP contribution < -0.4 is 5.73 Å². The summed E-state index contributed by atoms with van der Waals surface area (Å²) in [5.74, 6) is -0.815. The zero-order chi connectivity index (χ0) is 10.0. The number of hydrogen-bond donors (Lipinski definition) is 2. The first kappa shape index (κ1) is 9.60. The number of rotatable bonds is 2. The SMILES string of the molecule is N=Nc1cc(C(=O)Cl)c(F)cc1N. The Kier molecular flexibility index (Phi) is 2.57. The Morgan fingerprint density at radius 1 is 1.62 bits per heavy atom. The molecule has 0 fully saturated rings. The summed E-state index contributed by atoms with van der Waals surface area (Å²) >= 11 is 5.07. The van der Waals surface area contributed by atoms with E-state index in [0.717, 1.165) is 12.1 Å². The van der Waals surface area contributed by atoms with Crippen molar-refractivity contribution in [3.8, 4) is 0 Å². The van der Waals surface area contributed by atoms with E-state index < -0.39 is 11.1 Å². The summed E-state index contributed by atoms with van der Waals surface area (Å²) in [4.78, 5) is 10.6. The normalized spacial score (nSPS) is 9.69. The molecule has 0 aliphatic carbocycles. The van der Waals surface area contributed by atoms with E-state index in [1.165, 1.54) is 0 Å². The van der Waals surface area contributed by atoms with Gasteiger partial charge < -0.3 is 5.73 Å². The van der Waals surface area contributed by atoms with E-state index in [9.17, 15) is 9.18 Å². The van der Waals surface area contributed by atoms with Crippen LogP contribution in [-0.4, -0.2) is 5.24 Å². The monoisotopic (exact) mass is 201 g/mol. The number of benzene rings is 1. The number of anilines is 1. The summed E-state index contributed by atoms with van der Waals surface area (Å²) in [6.45, 7) is 0. The van der Waals surface area contributed by atoms with Gasteiger partial charge in [0.25, 0.3) is 5.24 Å². The van der Waals surface area contributed by atoms with Gasteiger partial charge in [0.1, 0.15) is 11.5 Å². The molecule has 0 bridgehead atoms. The number of carbonyl (C=O) groups is 1. The van der Waals surface area contributed by atoms with Crippen molar-refractivity contribution in [1.29, 1.82) is 5.53 Å². The van der Waals surface area contributed by atoms with Crippen molar-refractivity contribution in [3.05, 3.63) is 23.5 Å². The third-order valence-electron chi connectivity index (χ3n) is 1.45. The second-order valence-electron chi connectivity index (χ2n) is 2.28. The third kappa shape index (κ3) is 1.81. The highest BCUT2D eigenvalue weighted by Crippen LogP contribution is 2.26. The topological polar surface area (TPSA) is 79.3 Å². The molecule has 3 N–H and O–H groups in total. The molecule has 0 radical (unpaired) electrons. The van der Waals surface area contributed by atoms with Gasteiger partial charge in [0.15, 0.2) is 0 Å². The highest BCUT2D eigenvalue weighted by Gasteiger charge is 2.12. The van der Waals surface area contributed by atoms with Gasteiger partial charge in [0, 0.05) is 0 Å². The maximum Gasteiger partial charge on any atom is 0.255 e. The van der Waals surface area contributed by atoms with Gasteiger partial charge in [-0.25, -0.2) is 9.92 Å². The predicted molar refractivity (Wildman–Crippen MR) is 45.8 cm³/mol. The zero-order valence-electron chi connectivity index (χ0n) is 6.34.